The lowest BCUT2D eigenvalue weighted by Crippen LogP contribution is -2.32. The van der Waals surface area contributed by atoms with Crippen LogP contribution in [0.5, 0.6) is 0 Å². The third-order valence-corrected chi connectivity index (χ3v) is 4.93. The molecule has 3 rings (SSSR count). The minimum Gasteiger partial charge on any atom is -0.348 e. The summed E-state index contributed by atoms with van der Waals surface area (Å²) in [6, 6.07) is 10.9. The van der Waals surface area contributed by atoms with Crippen molar-refractivity contribution in [2.45, 2.75) is 25.8 Å². The van der Waals surface area contributed by atoms with Crippen LogP contribution in [0, 0.1) is 5.92 Å². The molecule has 2 amide bonds. The summed E-state index contributed by atoms with van der Waals surface area (Å²) in [5.41, 5.74) is 1.95. The maximum absolute atomic E-state index is 12.6. The number of piperidine rings is 1. The molecule has 1 fully saturated rings. The zero-order chi connectivity index (χ0) is 19.1. The number of nitrogens with one attached hydrogen (secondary N) is 2. The van der Waals surface area contributed by atoms with Gasteiger partial charge in [-0.1, -0.05) is 18.2 Å². The number of likely N-dealkylation sites (tertiary alicyclic amines) is 1. The van der Waals surface area contributed by atoms with Crippen molar-refractivity contribution in [1.29, 1.82) is 0 Å². The van der Waals surface area contributed by atoms with Gasteiger partial charge in [0.2, 0.25) is 5.91 Å². The van der Waals surface area contributed by atoms with E-state index in [1.54, 1.807) is 30.6 Å². The number of pyridine rings is 1. The monoisotopic (exact) mass is 366 g/mol. The Labute approximate surface area is 160 Å². The van der Waals surface area contributed by atoms with Crippen molar-refractivity contribution in [3.8, 4) is 0 Å². The van der Waals surface area contributed by atoms with E-state index < -0.39 is 0 Å². The van der Waals surface area contributed by atoms with Gasteiger partial charge in [0.25, 0.3) is 5.91 Å². The molecule has 6 nitrogen and oxygen atoms in total. The van der Waals surface area contributed by atoms with Gasteiger partial charge in [0, 0.05) is 25.4 Å². The van der Waals surface area contributed by atoms with Gasteiger partial charge in [0.1, 0.15) is 0 Å². The summed E-state index contributed by atoms with van der Waals surface area (Å²) in [7, 11) is 2.11. The molecule has 1 saturated heterocycles. The number of anilines is 1. The van der Waals surface area contributed by atoms with Crippen LogP contribution in [0.2, 0.25) is 0 Å². The van der Waals surface area contributed by atoms with Crippen LogP contribution in [0.4, 0.5) is 5.69 Å². The molecule has 0 bridgehead atoms. The normalized spacial score (nSPS) is 15.3. The number of para-hydroxylation sites is 1. The summed E-state index contributed by atoms with van der Waals surface area (Å²) in [5.74, 6) is 0.166. The van der Waals surface area contributed by atoms with E-state index in [1.807, 2.05) is 18.2 Å². The number of rotatable bonds is 6. The highest BCUT2D eigenvalue weighted by molar-refractivity contribution is 6.03. The van der Waals surface area contributed by atoms with Crippen LogP contribution in [-0.4, -0.2) is 41.8 Å². The standard InChI is InChI=1S/C21H26N4O2/c1-25-11-8-16(9-12-25)13-20(26)24-19-7-3-2-6-18(19)21(27)23-15-17-5-4-10-22-14-17/h2-7,10,14,16H,8-9,11-13,15H2,1H3,(H,23,27)(H,24,26). The molecule has 2 heterocycles. The molecule has 0 spiro atoms. The number of amides is 2. The van der Waals surface area contributed by atoms with E-state index in [2.05, 4.69) is 27.6 Å². The minimum absolute atomic E-state index is 0.0305. The Morgan fingerprint density at radius 1 is 1.15 bits per heavy atom. The molecule has 0 aliphatic carbocycles. The van der Waals surface area contributed by atoms with Crippen molar-refractivity contribution in [2.75, 3.05) is 25.5 Å². The Morgan fingerprint density at radius 3 is 2.67 bits per heavy atom. The number of carbonyl (C=O) groups is 2. The SMILES string of the molecule is CN1CCC(CC(=O)Nc2ccccc2C(=O)NCc2cccnc2)CC1. The minimum atomic E-state index is -0.214. The van der Waals surface area contributed by atoms with Crippen molar-refractivity contribution < 1.29 is 9.59 Å². The van der Waals surface area contributed by atoms with Gasteiger partial charge >= 0.3 is 0 Å². The van der Waals surface area contributed by atoms with Crippen molar-refractivity contribution in [2.24, 2.45) is 5.92 Å². The van der Waals surface area contributed by atoms with Gasteiger partial charge in [0.05, 0.1) is 11.3 Å². The fraction of sp³-hybridized carbons (Fsp3) is 0.381. The number of carbonyl (C=O) groups excluding carboxylic acids is 2. The average Bonchev–Trinajstić information content (AvgIpc) is 2.69. The lowest BCUT2D eigenvalue weighted by molar-refractivity contribution is -0.117. The second-order valence-electron chi connectivity index (χ2n) is 7.09. The highest BCUT2D eigenvalue weighted by atomic mass is 16.2. The lowest BCUT2D eigenvalue weighted by Gasteiger charge is -2.28. The zero-order valence-electron chi connectivity index (χ0n) is 15.6. The van der Waals surface area contributed by atoms with E-state index >= 15 is 0 Å². The molecule has 2 N–H and O–H groups in total. The van der Waals surface area contributed by atoms with Gasteiger partial charge in [-0.2, -0.15) is 0 Å². The third-order valence-electron chi connectivity index (χ3n) is 4.93. The molecule has 1 aliphatic heterocycles. The van der Waals surface area contributed by atoms with Crippen LogP contribution in [0.25, 0.3) is 0 Å². The Morgan fingerprint density at radius 2 is 1.93 bits per heavy atom. The van der Waals surface area contributed by atoms with E-state index in [1.165, 1.54) is 0 Å². The maximum Gasteiger partial charge on any atom is 0.253 e. The Bertz CT molecular complexity index is 771. The van der Waals surface area contributed by atoms with Gasteiger partial charge < -0.3 is 15.5 Å². The molecule has 142 valence electrons. The second-order valence-corrected chi connectivity index (χ2v) is 7.09. The van der Waals surface area contributed by atoms with Gasteiger partial charge in [-0.25, -0.2) is 0 Å². The zero-order valence-corrected chi connectivity index (χ0v) is 15.6. The van der Waals surface area contributed by atoms with Gasteiger partial charge in [-0.05, 0) is 62.7 Å². The van der Waals surface area contributed by atoms with E-state index in [4.69, 9.17) is 0 Å². The van der Waals surface area contributed by atoms with Gasteiger partial charge in [-0.15, -0.1) is 0 Å². The van der Waals surface area contributed by atoms with Crippen molar-refractivity contribution in [3.63, 3.8) is 0 Å². The molecule has 27 heavy (non-hydrogen) atoms. The highest BCUT2D eigenvalue weighted by Crippen LogP contribution is 2.21. The topological polar surface area (TPSA) is 74.3 Å². The van der Waals surface area contributed by atoms with E-state index in [0.717, 1.165) is 31.5 Å². The summed E-state index contributed by atoms with van der Waals surface area (Å²) in [5, 5.41) is 5.80. The first-order chi connectivity index (χ1) is 13.1. The molecule has 1 aliphatic rings. The van der Waals surface area contributed by atoms with E-state index in [-0.39, 0.29) is 11.8 Å². The summed E-state index contributed by atoms with van der Waals surface area (Å²) in [6.07, 6.45) is 5.99. The first kappa shape index (κ1) is 19.0. The summed E-state index contributed by atoms with van der Waals surface area (Å²) in [6.45, 7) is 2.46. The van der Waals surface area contributed by atoms with Crippen LogP contribution < -0.4 is 10.6 Å². The maximum atomic E-state index is 12.6. The highest BCUT2D eigenvalue weighted by Gasteiger charge is 2.20. The van der Waals surface area contributed by atoms with E-state index in [9.17, 15) is 9.59 Å². The fourth-order valence-corrected chi connectivity index (χ4v) is 3.30. The predicted octanol–water partition coefficient (Wildman–Crippen LogP) is 2.68. The Balaban J connectivity index is 1.58. The fourth-order valence-electron chi connectivity index (χ4n) is 3.30. The number of hydrogen-bond donors (Lipinski definition) is 2. The Kier molecular flexibility index (Phi) is 6.54. The van der Waals surface area contributed by atoms with Crippen LogP contribution in [-0.2, 0) is 11.3 Å². The molecule has 1 aromatic carbocycles. The summed E-state index contributed by atoms with van der Waals surface area (Å²) in [4.78, 5) is 31.3. The first-order valence-corrected chi connectivity index (χ1v) is 9.36. The van der Waals surface area contributed by atoms with Crippen LogP contribution in [0.15, 0.2) is 48.8 Å². The average molecular weight is 366 g/mol. The van der Waals surface area contributed by atoms with E-state index in [0.29, 0.717) is 30.1 Å². The smallest absolute Gasteiger partial charge is 0.253 e. The van der Waals surface area contributed by atoms with Crippen LogP contribution in [0.1, 0.15) is 35.2 Å². The number of hydrogen-bond acceptors (Lipinski definition) is 4. The number of benzene rings is 1. The van der Waals surface area contributed by atoms with Crippen molar-refractivity contribution in [1.82, 2.24) is 15.2 Å². The molecular weight excluding hydrogens is 340 g/mol. The van der Waals surface area contributed by atoms with Crippen molar-refractivity contribution >= 4 is 17.5 Å². The lowest BCUT2D eigenvalue weighted by atomic mass is 9.93. The molecule has 1 aromatic heterocycles. The first-order valence-electron chi connectivity index (χ1n) is 9.36. The number of aromatic nitrogens is 1. The van der Waals surface area contributed by atoms with Gasteiger partial charge in [-0.3, -0.25) is 14.6 Å². The summed E-state index contributed by atoms with van der Waals surface area (Å²) < 4.78 is 0. The molecule has 6 heteroatoms. The number of nitrogens with zero attached hydrogens (tertiary/aromatic N) is 2. The molecule has 0 unspecified atom stereocenters. The second kappa shape index (κ2) is 9.28. The molecule has 0 radical (unpaired) electrons. The van der Waals surface area contributed by atoms with Crippen LogP contribution in [0.3, 0.4) is 0 Å². The largest absolute Gasteiger partial charge is 0.348 e. The molecule has 0 atom stereocenters. The predicted molar refractivity (Wildman–Crippen MR) is 105 cm³/mol. The summed E-state index contributed by atoms with van der Waals surface area (Å²) >= 11 is 0. The third kappa shape index (κ3) is 5.62. The molecule has 2 aromatic rings. The molecule has 0 saturated carbocycles. The van der Waals surface area contributed by atoms with Crippen LogP contribution >= 0.6 is 0 Å². The molecular formula is C21H26N4O2. The Hall–Kier alpha value is -2.73. The van der Waals surface area contributed by atoms with Gasteiger partial charge in [0.15, 0.2) is 0 Å². The quantitative estimate of drug-likeness (QED) is 0.824. The van der Waals surface area contributed by atoms with Crippen molar-refractivity contribution in [3.05, 3.63) is 59.9 Å².